The molecule has 0 unspecified atom stereocenters. The minimum Gasteiger partial charge on any atom is -0.455 e. The zero-order chi connectivity index (χ0) is 12.3. The summed E-state index contributed by atoms with van der Waals surface area (Å²) in [4.78, 5) is 11.2. The Morgan fingerprint density at radius 3 is 2.06 bits per heavy atom. The molecule has 0 saturated carbocycles. The Kier molecular flexibility index (Phi) is 4.23. The van der Waals surface area contributed by atoms with Gasteiger partial charge in [-0.2, -0.15) is 0 Å². The van der Waals surface area contributed by atoms with E-state index in [0.29, 0.717) is 0 Å². The van der Waals surface area contributed by atoms with Crippen LogP contribution in [0.3, 0.4) is 0 Å². The maximum absolute atomic E-state index is 11.2. The fraction of sp³-hybridized carbons (Fsp3) is 0.417. The Bertz CT molecular complexity index is 369. The van der Waals surface area contributed by atoms with Crippen molar-refractivity contribution in [2.45, 2.75) is 33.1 Å². The van der Waals surface area contributed by atoms with Crippen molar-refractivity contribution < 1.29 is 8.91 Å². The quantitative estimate of drug-likeness (QED) is 0.607. The van der Waals surface area contributed by atoms with Gasteiger partial charge in [-0.15, -0.1) is 0 Å². The summed E-state index contributed by atoms with van der Waals surface area (Å²) >= 11 is 0. The molecule has 0 N–H and O–H groups in total. The number of carbonyl (C=O) groups is 1. The molecule has 0 amide bonds. The first-order valence-corrected chi connectivity index (χ1v) is 11.3. The molecular formula is C12H20O2Si2. The minimum atomic E-state index is -1.75. The van der Waals surface area contributed by atoms with E-state index in [1.807, 2.05) is 24.3 Å². The fourth-order valence-corrected chi connectivity index (χ4v) is 7.99. The summed E-state index contributed by atoms with van der Waals surface area (Å²) in [5.74, 6) is 0.116. The van der Waals surface area contributed by atoms with Crippen molar-refractivity contribution in [3.05, 3.63) is 29.8 Å². The van der Waals surface area contributed by atoms with Gasteiger partial charge in [0, 0.05) is 5.56 Å². The van der Waals surface area contributed by atoms with E-state index >= 15 is 0 Å². The van der Waals surface area contributed by atoms with Gasteiger partial charge in [-0.1, -0.05) is 24.3 Å². The number of carbonyl (C=O) groups excluding carboxylic acids is 1. The highest BCUT2D eigenvalue weighted by molar-refractivity contribution is 6.88. The molecule has 0 aliphatic rings. The summed E-state index contributed by atoms with van der Waals surface area (Å²) in [6, 6.07) is 7.88. The predicted octanol–water partition coefficient (Wildman–Crippen LogP) is 2.30. The van der Waals surface area contributed by atoms with Crippen molar-refractivity contribution in [2.24, 2.45) is 0 Å². The van der Waals surface area contributed by atoms with Crippen molar-refractivity contribution in [3.63, 3.8) is 0 Å². The Balaban J connectivity index is 2.92. The van der Waals surface area contributed by atoms with Crippen LogP contribution in [0.4, 0.5) is 0 Å². The Labute approximate surface area is 101 Å². The molecule has 0 saturated heterocycles. The molecule has 0 bridgehead atoms. The number of hydrogen-bond acceptors (Lipinski definition) is 2. The molecule has 0 aliphatic carbocycles. The van der Waals surface area contributed by atoms with Gasteiger partial charge in [-0.25, -0.2) is 0 Å². The summed E-state index contributed by atoms with van der Waals surface area (Å²) in [5, 5.41) is 1.26. The van der Waals surface area contributed by atoms with Crippen LogP contribution in [0.5, 0.6) is 0 Å². The van der Waals surface area contributed by atoms with Crippen molar-refractivity contribution in [3.8, 4) is 0 Å². The number of rotatable bonds is 4. The van der Waals surface area contributed by atoms with Gasteiger partial charge in [0.15, 0.2) is 14.8 Å². The lowest BCUT2D eigenvalue weighted by molar-refractivity contribution is 0.101. The van der Waals surface area contributed by atoms with Crippen molar-refractivity contribution in [2.75, 3.05) is 0 Å². The second-order valence-electron chi connectivity index (χ2n) is 4.81. The van der Waals surface area contributed by atoms with E-state index < -0.39 is 17.4 Å². The zero-order valence-corrected chi connectivity index (χ0v) is 12.9. The average Bonchev–Trinajstić information content (AvgIpc) is 2.16. The van der Waals surface area contributed by atoms with Gasteiger partial charge in [0.25, 0.3) is 0 Å². The van der Waals surface area contributed by atoms with E-state index in [1.54, 1.807) is 6.92 Å². The molecule has 0 aromatic heterocycles. The van der Waals surface area contributed by atoms with Crippen LogP contribution in [0.25, 0.3) is 0 Å². The second kappa shape index (κ2) is 5.08. The first-order chi connectivity index (χ1) is 7.33. The van der Waals surface area contributed by atoms with Gasteiger partial charge in [0.05, 0.1) is 0 Å². The van der Waals surface area contributed by atoms with Crippen LogP contribution in [0.15, 0.2) is 24.3 Å². The smallest absolute Gasteiger partial charge is 0.205 e. The van der Waals surface area contributed by atoms with Crippen LogP contribution in [0.1, 0.15) is 17.3 Å². The highest BCUT2D eigenvalue weighted by Gasteiger charge is 2.26. The zero-order valence-electron chi connectivity index (χ0n) is 10.7. The average molecular weight is 252 g/mol. The van der Waals surface area contributed by atoms with Crippen molar-refractivity contribution in [1.29, 1.82) is 0 Å². The first-order valence-electron chi connectivity index (χ1n) is 5.62. The molecule has 1 rings (SSSR count). The normalized spacial score (nSPS) is 11.9. The molecule has 0 atom stereocenters. The molecule has 0 spiro atoms. The Morgan fingerprint density at radius 2 is 1.69 bits per heavy atom. The largest absolute Gasteiger partial charge is 0.455 e. The molecule has 1 aromatic rings. The molecule has 1 aromatic carbocycles. The Morgan fingerprint density at radius 1 is 1.19 bits per heavy atom. The van der Waals surface area contributed by atoms with Gasteiger partial charge in [-0.3, -0.25) is 4.79 Å². The number of benzene rings is 1. The summed E-state index contributed by atoms with van der Waals surface area (Å²) in [6.45, 7) is 10.4. The summed E-state index contributed by atoms with van der Waals surface area (Å²) in [7, 11) is -2.75. The lowest BCUT2D eigenvalue weighted by Gasteiger charge is -2.26. The first kappa shape index (κ1) is 13.3. The summed E-state index contributed by atoms with van der Waals surface area (Å²) in [6.07, 6.45) is 0. The number of ketones is 1. The Hall–Kier alpha value is -0.716. The SMILES string of the molecule is CC(=O)c1ccc([Si](C)(C)O[SiH](C)C)cc1. The van der Waals surface area contributed by atoms with Crippen molar-refractivity contribution >= 4 is 28.3 Å². The van der Waals surface area contributed by atoms with Crippen LogP contribution in [0.2, 0.25) is 26.2 Å². The van der Waals surface area contributed by atoms with E-state index in [2.05, 4.69) is 26.2 Å². The summed E-state index contributed by atoms with van der Waals surface area (Å²) < 4.78 is 6.12. The monoisotopic (exact) mass is 252 g/mol. The van der Waals surface area contributed by atoms with Gasteiger partial charge in [-0.05, 0) is 38.3 Å². The lowest BCUT2D eigenvalue weighted by Crippen LogP contribution is -2.47. The van der Waals surface area contributed by atoms with Gasteiger partial charge < -0.3 is 4.12 Å². The van der Waals surface area contributed by atoms with E-state index in [9.17, 15) is 4.79 Å². The molecule has 88 valence electrons. The van der Waals surface area contributed by atoms with Gasteiger partial charge in [0.1, 0.15) is 0 Å². The van der Waals surface area contributed by atoms with E-state index in [1.165, 1.54) is 5.19 Å². The topological polar surface area (TPSA) is 26.3 Å². The minimum absolute atomic E-state index is 0.116. The van der Waals surface area contributed by atoms with E-state index in [4.69, 9.17) is 4.12 Å². The molecule has 0 heterocycles. The molecule has 0 aliphatic heterocycles. The molecule has 0 fully saturated rings. The molecular weight excluding hydrogens is 232 g/mol. The van der Waals surface area contributed by atoms with E-state index in [0.717, 1.165) is 5.56 Å². The standard InChI is InChI=1S/C12H20O2Si2/c1-10(13)11-6-8-12(9-7-11)16(4,5)14-15(2)3/h6-9,15H,1-5H3. The van der Waals surface area contributed by atoms with E-state index in [-0.39, 0.29) is 5.78 Å². The third-order valence-electron chi connectivity index (χ3n) is 2.52. The maximum atomic E-state index is 11.2. The summed E-state index contributed by atoms with van der Waals surface area (Å²) in [5.41, 5.74) is 0.773. The van der Waals surface area contributed by atoms with Crippen LogP contribution < -0.4 is 5.19 Å². The molecule has 2 nitrogen and oxygen atoms in total. The van der Waals surface area contributed by atoms with Gasteiger partial charge in [0.2, 0.25) is 8.32 Å². The van der Waals surface area contributed by atoms with Crippen LogP contribution >= 0.6 is 0 Å². The van der Waals surface area contributed by atoms with Crippen LogP contribution in [-0.4, -0.2) is 23.1 Å². The fourth-order valence-electron chi connectivity index (χ4n) is 1.76. The van der Waals surface area contributed by atoms with Gasteiger partial charge >= 0.3 is 0 Å². The number of hydrogen-bond donors (Lipinski definition) is 0. The second-order valence-corrected chi connectivity index (χ2v) is 11.4. The number of Topliss-reactive ketones (excluding diaryl/α,β-unsaturated/α-hetero) is 1. The predicted molar refractivity (Wildman–Crippen MR) is 73.5 cm³/mol. The molecule has 16 heavy (non-hydrogen) atoms. The highest BCUT2D eigenvalue weighted by atomic mass is 28.4. The molecule has 0 radical (unpaired) electrons. The lowest BCUT2D eigenvalue weighted by atomic mass is 10.2. The molecule has 4 heteroatoms. The third kappa shape index (κ3) is 3.40. The maximum Gasteiger partial charge on any atom is 0.205 e. The third-order valence-corrected chi connectivity index (χ3v) is 8.48. The van der Waals surface area contributed by atoms with Crippen molar-refractivity contribution in [1.82, 2.24) is 0 Å². The van der Waals surface area contributed by atoms with Crippen LogP contribution in [-0.2, 0) is 4.12 Å². The highest BCUT2D eigenvalue weighted by Crippen LogP contribution is 2.08. The van der Waals surface area contributed by atoms with Crippen LogP contribution in [0, 0.1) is 0 Å².